The topological polar surface area (TPSA) is 37.0 Å². The number of H-pyrrole nitrogens is 1. The molecule has 1 aliphatic rings. The number of hydrogen-bond donors (Lipinski definition) is 2. The molecule has 2 aromatic rings. The number of fused-ring (bicyclic) bond motifs is 1. The molecule has 1 aliphatic heterocycles. The van der Waals surface area contributed by atoms with E-state index in [9.17, 15) is 0 Å². The van der Waals surface area contributed by atoms with E-state index in [1.807, 2.05) is 12.3 Å². The molecule has 17 heavy (non-hydrogen) atoms. The molecule has 0 saturated carbocycles. The summed E-state index contributed by atoms with van der Waals surface area (Å²) in [6, 6.07) is 6.19. The van der Waals surface area contributed by atoms with E-state index in [0.29, 0.717) is 5.92 Å². The Balaban J connectivity index is 1.81. The van der Waals surface area contributed by atoms with Gasteiger partial charge in [0.15, 0.2) is 0 Å². The van der Waals surface area contributed by atoms with Crippen molar-refractivity contribution in [2.24, 2.45) is 5.92 Å². The van der Waals surface area contributed by atoms with Gasteiger partial charge in [-0.3, -0.25) is 0 Å². The molecule has 1 aromatic heterocycles. The lowest BCUT2D eigenvalue weighted by atomic mass is 10.1. The third kappa shape index (κ3) is 2.03. The average molecular weight is 230 g/mol. The number of benzene rings is 1. The van der Waals surface area contributed by atoms with E-state index in [1.54, 1.807) is 0 Å². The van der Waals surface area contributed by atoms with E-state index in [2.05, 4.69) is 29.4 Å². The first-order valence-corrected chi connectivity index (χ1v) is 6.25. The van der Waals surface area contributed by atoms with Crippen LogP contribution in [0.5, 0.6) is 5.75 Å². The van der Waals surface area contributed by atoms with Crippen LogP contribution in [0, 0.1) is 12.8 Å². The monoisotopic (exact) mass is 230 g/mol. The fourth-order valence-electron chi connectivity index (χ4n) is 2.50. The summed E-state index contributed by atoms with van der Waals surface area (Å²) in [5.74, 6) is 1.66. The van der Waals surface area contributed by atoms with Gasteiger partial charge in [0.2, 0.25) is 0 Å². The second-order valence-corrected chi connectivity index (χ2v) is 4.82. The van der Waals surface area contributed by atoms with Crippen molar-refractivity contribution in [2.45, 2.75) is 13.3 Å². The standard InChI is InChI=1S/C14H18N2O/c1-10-7-16-12-3-2-4-13(14(10)12)17-9-11-5-6-15-8-11/h2-4,7,11,15-16H,5-6,8-9H2,1H3. The summed E-state index contributed by atoms with van der Waals surface area (Å²) in [5.41, 5.74) is 2.41. The van der Waals surface area contributed by atoms with Crippen LogP contribution in [-0.2, 0) is 0 Å². The molecule has 3 heteroatoms. The second-order valence-electron chi connectivity index (χ2n) is 4.82. The first-order chi connectivity index (χ1) is 8.34. The average Bonchev–Trinajstić information content (AvgIpc) is 2.97. The lowest BCUT2D eigenvalue weighted by Crippen LogP contribution is -2.15. The van der Waals surface area contributed by atoms with Crippen LogP contribution < -0.4 is 10.1 Å². The van der Waals surface area contributed by atoms with Gasteiger partial charge in [0, 0.05) is 29.6 Å². The number of hydrogen-bond acceptors (Lipinski definition) is 2. The fourth-order valence-corrected chi connectivity index (χ4v) is 2.50. The molecule has 3 nitrogen and oxygen atoms in total. The number of rotatable bonds is 3. The quantitative estimate of drug-likeness (QED) is 0.850. The maximum atomic E-state index is 5.98. The maximum absolute atomic E-state index is 5.98. The molecular weight excluding hydrogens is 212 g/mol. The SMILES string of the molecule is Cc1c[nH]c2cccc(OCC3CCNC3)c12. The molecule has 1 saturated heterocycles. The molecule has 1 atom stereocenters. The Morgan fingerprint density at radius 1 is 1.41 bits per heavy atom. The molecule has 0 aliphatic carbocycles. The van der Waals surface area contributed by atoms with Crippen LogP contribution in [0.3, 0.4) is 0 Å². The van der Waals surface area contributed by atoms with E-state index in [0.717, 1.165) is 31.0 Å². The molecule has 0 radical (unpaired) electrons. The van der Waals surface area contributed by atoms with Crippen LogP contribution in [0.25, 0.3) is 10.9 Å². The number of aromatic nitrogens is 1. The normalized spacial score (nSPS) is 19.9. The highest BCUT2D eigenvalue weighted by Gasteiger charge is 2.15. The van der Waals surface area contributed by atoms with Crippen molar-refractivity contribution in [3.05, 3.63) is 30.0 Å². The van der Waals surface area contributed by atoms with Gasteiger partial charge >= 0.3 is 0 Å². The number of aromatic amines is 1. The third-order valence-corrected chi connectivity index (χ3v) is 3.50. The van der Waals surface area contributed by atoms with E-state index >= 15 is 0 Å². The van der Waals surface area contributed by atoms with Crippen LogP contribution in [0.1, 0.15) is 12.0 Å². The van der Waals surface area contributed by atoms with Crippen molar-refractivity contribution in [1.82, 2.24) is 10.3 Å². The second kappa shape index (κ2) is 4.41. The summed E-state index contributed by atoms with van der Waals surface area (Å²) in [7, 11) is 0. The van der Waals surface area contributed by atoms with Gasteiger partial charge in [-0.05, 0) is 37.6 Å². The van der Waals surface area contributed by atoms with Crippen molar-refractivity contribution >= 4 is 10.9 Å². The molecular formula is C14H18N2O. The Kier molecular flexibility index (Phi) is 2.77. The van der Waals surface area contributed by atoms with Gasteiger partial charge in [0.1, 0.15) is 5.75 Å². The number of nitrogens with one attached hydrogen (secondary N) is 2. The molecule has 0 amide bonds. The number of ether oxygens (including phenoxy) is 1. The predicted molar refractivity (Wildman–Crippen MR) is 69.5 cm³/mol. The molecule has 1 fully saturated rings. The van der Waals surface area contributed by atoms with Crippen LogP contribution >= 0.6 is 0 Å². The van der Waals surface area contributed by atoms with Crippen molar-refractivity contribution in [3.63, 3.8) is 0 Å². The van der Waals surface area contributed by atoms with Crippen molar-refractivity contribution < 1.29 is 4.74 Å². The first kappa shape index (κ1) is 10.7. The third-order valence-electron chi connectivity index (χ3n) is 3.50. The zero-order valence-electron chi connectivity index (χ0n) is 10.1. The van der Waals surface area contributed by atoms with Crippen LogP contribution in [0.2, 0.25) is 0 Å². The Hall–Kier alpha value is -1.48. The van der Waals surface area contributed by atoms with Gasteiger partial charge in [-0.15, -0.1) is 0 Å². The molecule has 1 aromatic carbocycles. The van der Waals surface area contributed by atoms with Gasteiger partial charge in [-0.2, -0.15) is 0 Å². The summed E-state index contributed by atoms with van der Waals surface area (Å²) >= 11 is 0. The van der Waals surface area contributed by atoms with E-state index < -0.39 is 0 Å². The predicted octanol–water partition coefficient (Wildman–Crippen LogP) is 2.46. The highest BCUT2D eigenvalue weighted by atomic mass is 16.5. The van der Waals surface area contributed by atoms with E-state index in [-0.39, 0.29) is 0 Å². The fraction of sp³-hybridized carbons (Fsp3) is 0.429. The van der Waals surface area contributed by atoms with Crippen LogP contribution in [0.15, 0.2) is 24.4 Å². The summed E-state index contributed by atoms with van der Waals surface area (Å²) in [5, 5.41) is 4.59. The Morgan fingerprint density at radius 3 is 3.18 bits per heavy atom. The summed E-state index contributed by atoms with van der Waals surface area (Å²) in [4.78, 5) is 3.26. The molecule has 3 rings (SSSR count). The highest BCUT2D eigenvalue weighted by Crippen LogP contribution is 2.28. The lowest BCUT2D eigenvalue weighted by molar-refractivity contribution is 0.263. The van der Waals surface area contributed by atoms with Gasteiger partial charge in [-0.25, -0.2) is 0 Å². The Labute approximate surface area is 101 Å². The highest BCUT2D eigenvalue weighted by molar-refractivity contribution is 5.89. The van der Waals surface area contributed by atoms with Crippen molar-refractivity contribution in [1.29, 1.82) is 0 Å². The van der Waals surface area contributed by atoms with Gasteiger partial charge in [0.25, 0.3) is 0 Å². The van der Waals surface area contributed by atoms with Gasteiger partial charge in [0.05, 0.1) is 6.61 Å². The van der Waals surface area contributed by atoms with Gasteiger partial charge < -0.3 is 15.0 Å². The van der Waals surface area contributed by atoms with Crippen molar-refractivity contribution in [3.8, 4) is 5.75 Å². The smallest absolute Gasteiger partial charge is 0.128 e. The van der Waals surface area contributed by atoms with Crippen LogP contribution in [-0.4, -0.2) is 24.7 Å². The first-order valence-electron chi connectivity index (χ1n) is 6.25. The van der Waals surface area contributed by atoms with Crippen LogP contribution in [0.4, 0.5) is 0 Å². The minimum absolute atomic E-state index is 0.657. The minimum Gasteiger partial charge on any atom is -0.493 e. The largest absolute Gasteiger partial charge is 0.493 e. The lowest BCUT2D eigenvalue weighted by Gasteiger charge is -2.12. The molecule has 90 valence electrons. The zero-order valence-corrected chi connectivity index (χ0v) is 10.1. The molecule has 0 bridgehead atoms. The molecule has 0 spiro atoms. The Bertz CT molecular complexity index is 512. The van der Waals surface area contributed by atoms with Gasteiger partial charge in [-0.1, -0.05) is 6.07 Å². The van der Waals surface area contributed by atoms with E-state index in [4.69, 9.17) is 4.74 Å². The molecule has 1 unspecified atom stereocenters. The molecule has 2 N–H and O–H groups in total. The molecule has 2 heterocycles. The van der Waals surface area contributed by atoms with E-state index in [1.165, 1.54) is 17.4 Å². The summed E-state index contributed by atoms with van der Waals surface area (Å²) in [6.45, 7) is 5.14. The maximum Gasteiger partial charge on any atom is 0.128 e. The minimum atomic E-state index is 0.657. The summed E-state index contributed by atoms with van der Waals surface area (Å²) in [6.07, 6.45) is 3.26. The Morgan fingerprint density at radius 2 is 2.35 bits per heavy atom. The number of aryl methyl sites for hydroxylation is 1. The van der Waals surface area contributed by atoms with Crippen molar-refractivity contribution in [2.75, 3.05) is 19.7 Å². The summed E-state index contributed by atoms with van der Waals surface area (Å²) < 4.78 is 5.98. The zero-order chi connectivity index (χ0) is 11.7.